The Morgan fingerprint density at radius 1 is 0.545 bits per heavy atom. The molecule has 2 heterocycles. The molecule has 0 bridgehead atoms. The normalized spacial score (nSPS) is 13.8. The average Bonchev–Trinajstić information content (AvgIpc) is 2.60. The molecule has 2 heteroatoms. The van der Waals surface area contributed by atoms with Crippen molar-refractivity contribution in [2.75, 3.05) is 10.6 Å². The maximum atomic E-state index is 3.57. The highest BCUT2D eigenvalue weighted by molar-refractivity contribution is 6.01. The van der Waals surface area contributed by atoms with Gasteiger partial charge in [-0.15, -0.1) is 0 Å². The Kier molecular flexibility index (Phi) is 2.36. The molecule has 5 rings (SSSR count). The van der Waals surface area contributed by atoms with E-state index in [-0.39, 0.29) is 0 Å². The van der Waals surface area contributed by atoms with Crippen LogP contribution in [0.2, 0.25) is 0 Å². The van der Waals surface area contributed by atoms with Crippen LogP contribution in [0.5, 0.6) is 0 Å². The predicted octanol–water partition coefficient (Wildman–Crippen LogP) is 4.87. The smallest absolute Gasteiger partial charge is 0.0430 e. The zero-order valence-corrected chi connectivity index (χ0v) is 12.2. The molecule has 0 spiro atoms. The number of nitrogens with one attached hydrogen (secondary N) is 2. The molecule has 0 saturated carbocycles. The molecule has 0 unspecified atom stereocenters. The monoisotopic (exact) mass is 284 g/mol. The van der Waals surface area contributed by atoms with Gasteiger partial charge < -0.3 is 10.6 Å². The molecule has 2 nitrogen and oxygen atoms in total. The first-order valence-corrected chi connectivity index (χ1v) is 7.73. The molecule has 0 atom stereocenters. The lowest BCUT2D eigenvalue weighted by Crippen LogP contribution is -2.14. The lowest BCUT2D eigenvalue weighted by atomic mass is 9.84. The van der Waals surface area contributed by atoms with Crippen LogP contribution in [0.3, 0.4) is 0 Å². The van der Waals surface area contributed by atoms with Gasteiger partial charge in [-0.05, 0) is 34.4 Å². The molecular formula is C20H16N2. The van der Waals surface area contributed by atoms with Gasteiger partial charge in [0.05, 0.1) is 0 Å². The second-order valence-corrected chi connectivity index (χ2v) is 5.93. The van der Waals surface area contributed by atoms with Gasteiger partial charge >= 0.3 is 0 Å². The van der Waals surface area contributed by atoms with E-state index in [0.717, 1.165) is 13.1 Å². The van der Waals surface area contributed by atoms with Crippen molar-refractivity contribution < 1.29 is 0 Å². The molecule has 0 aliphatic carbocycles. The van der Waals surface area contributed by atoms with E-state index >= 15 is 0 Å². The summed E-state index contributed by atoms with van der Waals surface area (Å²) in [7, 11) is 0. The van der Waals surface area contributed by atoms with Crippen LogP contribution < -0.4 is 10.6 Å². The van der Waals surface area contributed by atoms with Crippen LogP contribution in [0.4, 0.5) is 11.4 Å². The molecule has 0 fully saturated rings. The van der Waals surface area contributed by atoms with Gasteiger partial charge in [-0.2, -0.15) is 0 Å². The van der Waals surface area contributed by atoms with Crippen LogP contribution >= 0.6 is 0 Å². The quantitative estimate of drug-likeness (QED) is 0.615. The largest absolute Gasteiger partial charge is 0.380 e. The molecule has 0 saturated heterocycles. The highest BCUT2D eigenvalue weighted by Crippen LogP contribution is 2.48. The highest BCUT2D eigenvalue weighted by Gasteiger charge is 2.25. The van der Waals surface area contributed by atoms with E-state index in [2.05, 4.69) is 71.3 Å². The second kappa shape index (κ2) is 4.38. The maximum absolute atomic E-state index is 3.57. The molecule has 2 aliphatic rings. The van der Waals surface area contributed by atoms with Gasteiger partial charge in [0.1, 0.15) is 0 Å². The molecule has 0 aromatic heterocycles. The van der Waals surface area contributed by atoms with E-state index in [1.54, 1.807) is 0 Å². The lowest BCUT2D eigenvalue weighted by Gasteiger charge is -2.29. The van der Waals surface area contributed by atoms with Crippen LogP contribution in [-0.2, 0) is 13.1 Å². The van der Waals surface area contributed by atoms with E-state index in [1.165, 1.54) is 44.8 Å². The van der Waals surface area contributed by atoms with Crippen LogP contribution in [0.1, 0.15) is 11.1 Å². The van der Waals surface area contributed by atoms with Crippen molar-refractivity contribution in [3.63, 3.8) is 0 Å². The van der Waals surface area contributed by atoms with Crippen molar-refractivity contribution in [2.24, 2.45) is 0 Å². The first kappa shape index (κ1) is 11.9. The Morgan fingerprint density at radius 3 is 1.50 bits per heavy atom. The number of anilines is 2. The summed E-state index contributed by atoms with van der Waals surface area (Å²) in [6.07, 6.45) is 0. The maximum Gasteiger partial charge on any atom is 0.0430 e. The van der Waals surface area contributed by atoms with Crippen molar-refractivity contribution in [3.8, 4) is 22.3 Å². The zero-order chi connectivity index (χ0) is 14.5. The van der Waals surface area contributed by atoms with Crippen molar-refractivity contribution >= 4 is 11.4 Å². The van der Waals surface area contributed by atoms with Gasteiger partial charge in [0.2, 0.25) is 0 Å². The standard InChI is InChI=1S/C20H16N2/c1-3-7-15-13(5-1)11-21-17-9-10-18-20(19(15)17)16-8-4-2-6-14(16)12-22-18/h1-10,21-22H,11-12H2. The molecule has 106 valence electrons. The van der Waals surface area contributed by atoms with Gasteiger partial charge in [-0.25, -0.2) is 0 Å². The van der Waals surface area contributed by atoms with Crippen LogP contribution in [0.25, 0.3) is 22.3 Å². The minimum absolute atomic E-state index is 0.900. The summed E-state index contributed by atoms with van der Waals surface area (Å²) in [5.41, 5.74) is 10.6. The fourth-order valence-corrected chi connectivity index (χ4v) is 3.67. The second-order valence-electron chi connectivity index (χ2n) is 5.93. The van der Waals surface area contributed by atoms with E-state index in [0.29, 0.717) is 0 Å². The van der Waals surface area contributed by atoms with Crippen molar-refractivity contribution in [2.45, 2.75) is 13.1 Å². The van der Waals surface area contributed by atoms with Crippen molar-refractivity contribution in [1.29, 1.82) is 0 Å². The fourth-order valence-electron chi connectivity index (χ4n) is 3.67. The number of hydrogen-bond donors (Lipinski definition) is 2. The van der Waals surface area contributed by atoms with Gasteiger partial charge in [0.25, 0.3) is 0 Å². The first-order chi connectivity index (χ1) is 10.9. The SMILES string of the molecule is c1ccc2c(c1)CNc1ccc3c(c1-2)-c1ccccc1CN3. The van der Waals surface area contributed by atoms with Gasteiger partial charge in [0.15, 0.2) is 0 Å². The predicted molar refractivity (Wildman–Crippen MR) is 92.0 cm³/mol. The summed E-state index contributed by atoms with van der Waals surface area (Å²) in [5, 5.41) is 7.14. The topological polar surface area (TPSA) is 24.1 Å². The zero-order valence-electron chi connectivity index (χ0n) is 12.2. The number of hydrogen-bond acceptors (Lipinski definition) is 2. The minimum Gasteiger partial charge on any atom is -0.380 e. The van der Waals surface area contributed by atoms with Crippen molar-refractivity contribution in [1.82, 2.24) is 0 Å². The summed E-state index contributed by atoms with van der Waals surface area (Å²) in [5.74, 6) is 0. The highest BCUT2D eigenvalue weighted by atomic mass is 14.9. The number of fused-ring (bicyclic) bond motifs is 7. The summed E-state index contributed by atoms with van der Waals surface area (Å²) in [6.45, 7) is 1.80. The Balaban J connectivity index is 1.88. The molecule has 2 aliphatic heterocycles. The molecule has 3 aromatic rings. The van der Waals surface area contributed by atoms with Gasteiger partial charge in [-0.1, -0.05) is 48.5 Å². The molecule has 0 radical (unpaired) electrons. The fraction of sp³-hybridized carbons (Fsp3) is 0.100. The molecule has 0 amide bonds. The van der Waals surface area contributed by atoms with Gasteiger partial charge in [0, 0.05) is 35.6 Å². The number of benzene rings is 3. The molecule has 22 heavy (non-hydrogen) atoms. The van der Waals surface area contributed by atoms with E-state index < -0.39 is 0 Å². The van der Waals surface area contributed by atoms with E-state index in [4.69, 9.17) is 0 Å². The summed E-state index contributed by atoms with van der Waals surface area (Å²) >= 11 is 0. The van der Waals surface area contributed by atoms with Gasteiger partial charge in [-0.3, -0.25) is 0 Å². The third kappa shape index (κ3) is 1.55. The van der Waals surface area contributed by atoms with Crippen LogP contribution in [0, 0.1) is 0 Å². The first-order valence-electron chi connectivity index (χ1n) is 7.73. The molecule has 2 N–H and O–H groups in total. The molecule has 3 aromatic carbocycles. The summed E-state index contributed by atoms with van der Waals surface area (Å²) in [4.78, 5) is 0. The third-order valence-electron chi connectivity index (χ3n) is 4.72. The van der Waals surface area contributed by atoms with Crippen LogP contribution in [0.15, 0.2) is 60.7 Å². The Labute approximate surface area is 129 Å². The van der Waals surface area contributed by atoms with Crippen molar-refractivity contribution in [3.05, 3.63) is 71.8 Å². The molecular weight excluding hydrogens is 268 g/mol. The summed E-state index contributed by atoms with van der Waals surface area (Å²) in [6, 6.07) is 21.8. The summed E-state index contributed by atoms with van der Waals surface area (Å²) < 4.78 is 0. The van der Waals surface area contributed by atoms with Crippen LogP contribution in [-0.4, -0.2) is 0 Å². The van der Waals surface area contributed by atoms with E-state index in [9.17, 15) is 0 Å². The Bertz CT molecular complexity index is 821. The van der Waals surface area contributed by atoms with E-state index in [1.807, 2.05) is 0 Å². The third-order valence-corrected chi connectivity index (χ3v) is 4.72. The minimum atomic E-state index is 0.900. The lowest BCUT2D eigenvalue weighted by molar-refractivity contribution is 1.11. The Hall–Kier alpha value is -2.74. The number of rotatable bonds is 0. The Morgan fingerprint density at radius 2 is 1.00 bits per heavy atom. The average molecular weight is 284 g/mol.